The van der Waals surface area contributed by atoms with E-state index < -0.39 is 16.8 Å². The third-order valence-corrected chi connectivity index (χ3v) is 2.32. The minimum absolute atomic E-state index is 0.0146. The summed E-state index contributed by atoms with van der Waals surface area (Å²) < 4.78 is 37.0. The van der Waals surface area contributed by atoms with E-state index in [0.29, 0.717) is 5.56 Å². The average molecular weight is 225 g/mol. The molecule has 1 aromatic rings. The molecule has 0 atom stereocenters. The summed E-state index contributed by atoms with van der Waals surface area (Å²) in [6, 6.07) is 0.786. The van der Waals surface area contributed by atoms with Crippen LogP contribution in [0.2, 0.25) is 5.02 Å². The van der Waals surface area contributed by atoms with E-state index in [1.165, 1.54) is 6.92 Å². The lowest BCUT2D eigenvalue weighted by Gasteiger charge is -2.14. The molecule has 0 spiro atoms. The van der Waals surface area contributed by atoms with Gasteiger partial charge in [-0.25, -0.2) is 0 Å². The van der Waals surface area contributed by atoms with Crippen LogP contribution in [0.25, 0.3) is 0 Å². The molecule has 14 heavy (non-hydrogen) atoms. The second kappa shape index (κ2) is 3.24. The molecule has 0 saturated carbocycles. The molecule has 6 heteroatoms. The van der Waals surface area contributed by atoms with Crippen molar-refractivity contribution in [3.63, 3.8) is 0 Å². The maximum atomic E-state index is 12.3. The number of benzene rings is 1. The molecule has 2 nitrogen and oxygen atoms in total. The molecule has 0 unspecified atom stereocenters. The van der Waals surface area contributed by atoms with Crippen molar-refractivity contribution >= 4 is 23.0 Å². The Morgan fingerprint density at radius 3 is 2.21 bits per heavy atom. The maximum absolute atomic E-state index is 12.3. The Kier molecular flexibility index (Phi) is 2.54. The highest BCUT2D eigenvalue weighted by Crippen LogP contribution is 2.40. The maximum Gasteiger partial charge on any atom is 0.417 e. The number of alkyl halides is 3. The monoisotopic (exact) mass is 224 g/mol. The zero-order valence-corrected chi connectivity index (χ0v) is 8.00. The van der Waals surface area contributed by atoms with E-state index >= 15 is 0 Å². The van der Waals surface area contributed by atoms with Crippen molar-refractivity contribution in [1.29, 1.82) is 0 Å². The highest BCUT2D eigenvalue weighted by atomic mass is 35.5. The Hall–Kier alpha value is -1.10. The fourth-order valence-corrected chi connectivity index (χ4v) is 1.30. The largest absolute Gasteiger partial charge is 0.417 e. The average Bonchev–Trinajstić information content (AvgIpc) is 2.06. The minimum Gasteiger partial charge on any atom is -0.398 e. The molecule has 1 rings (SSSR count). The third kappa shape index (κ3) is 1.72. The Labute approximate surface area is 83.6 Å². The van der Waals surface area contributed by atoms with Gasteiger partial charge in [0.05, 0.1) is 16.3 Å². The van der Waals surface area contributed by atoms with Crippen molar-refractivity contribution < 1.29 is 13.2 Å². The Bertz CT molecular complexity index is 374. The van der Waals surface area contributed by atoms with E-state index in [1.807, 2.05) is 0 Å². The van der Waals surface area contributed by atoms with Crippen LogP contribution in [-0.4, -0.2) is 0 Å². The summed E-state index contributed by atoms with van der Waals surface area (Å²) in [5, 5.41) is -0.496. The second-order valence-corrected chi connectivity index (χ2v) is 3.24. The van der Waals surface area contributed by atoms with Crippen molar-refractivity contribution in [2.75, 3.05) is 11.5 Å². The van der Waals surface area contributed by atoms with Gasteiger partial charge < -0.3 is 11.5 Å². The molecule has 0 amide bonds. The molecule has 0 heterocycles. The summed E-state index contributed by atoms with van der Waals surface area (Å²) in [7, 11) is 0. The molecule has 1 aromatic carbocycles. The van der Waals surface area contributed by atoms with Crippen molar-refractivity contribution in [1.82, 2.24) is 0 Å². The topological polar surface area (TPSA) is 52.0 Å². The Morgan fingerprint density at radius 1 is 1.29 bits per heavy atom. The molecule has 78 valence electrons. The van der Waals surface area contributed by atoms with Crippen LogP contribution in [0, 0.1) is 6.92 Å². The van der Waals surface area contributed by atoms with Gasteiger partial charge >= 0.3 is 6.18 Å². The third-order valence-electron chi connectivity index (χ3n) is 1.92. The Balaban J connectivity index is 3.49. The number of anilines is 2. The quantitative estimate of drug-likeness (QED) is 0.666. The minimum atomic E-state index is -4.53. The number of hydrogen-bond acceptors (Lipinski definition) is 2. The van der Waals surface area contributed by atoms with Gasteiger partial charge in [0.2, 0.25) is 0 Å². The molecule has 0 bridgehead atoms. The Morgan fingerprint density at radius 2 is 1.79 bits per heavy atom. The van der Waals surface area contributed by atoms with Crippen LogP contribution in [0.3, 0.4) is 0 Å². The van der Waals surface area contributed by atoms with Crippen LogP contribution in [0.15, 0.2) is 6.07 Å². The lowest BCUT2D eigenvalue weighted by molar-refractivity contribution is -0.137. The van der Waals surface area contributed by atoms with Crippen LogP contribution in [0.5, 0.6) is 0 Å². The summed E-state index contributed by atoms with van der Waals surface area (Å²) in [5.74, 6) is 0. The normalized spacial score (nSPS) is 11.8. The first-order chi connectivity index (χ1) is 6.25. The zero-order chi connectivity index (χ0) is 11.1. The number of halogens is 4. The van der Waals surface area contributed by atoms with E-state index in [2.05, 4.69) is 0 Å². The highest BCUT2D eigenvalue weighted by molar-refractivity contribution is 6.34. The highest BCUT2D eigenvalue weighted by Gasteiger charge is 2.34. The molecule has 0 radical (unpaired) electrons. The van der Waals surface area contributed by atoms with Gasteiger partial charge in [-0.2, -0.15) is 13.2 Å². The van der Waals surface area contributed by atoms with E-state index in [4.69, 9.17) is 23.1 Å². The first kappa shape index (κ1) is 11.0. The van der Waals surface area contributed by atoms with Gasteiger partial charge in [0.25, 0.3) is 0 Å². The standard InChI is InChI=1S/C8H8ClF3N2/c1-3-5(13)2-4(8(10,11)12)6(9)7(3)14/h2H,13-14H2,1H3. The summed E-state index contributed by atoms with van der Waals surface area (Å²) in [6.07, 6.45) is -4.53. The van der Waals surface area contributed by atoms with E-state index in [-0.39, 0.29) is 11.4 Å². The fraction of sp³-hybridized carbons (Fsp3) is 0.250. The van der Waals surface area contributed by atoms with Crippen molar-refractivity contribution in [3.8, 4) is 0 Å². The number of nitrogen functional groups attached to an aromatic ring is 2. The van der Waals surface area contributed by atoms with Gasteiger partial charge in [0, 0.05) is 5.69 Å². The first-order valence-electron chi connectivity index (χ1n) is 3.66. The summed E-state index contributed by atoms with van der Waals surface area (Å²) in [5.41, 5.74) is 9.94. The summed E-state index contributed by atoms with van der Waals surface area (Å²) >= 11 is 5.45. The van der Waals surface area contributed by atoms with Gasteiger partial charge in [-0.3, -0.25) is 0 Å². The van der Waals surface area contributed by atoms with Gasteiger partial charge in [0.1, 0.15) is 0 Å². The molecular formula is C8H8ClF3N2. The van der Waals surface area contributed by atoms with Crippen molar-refractivity contribution in [3.05, 3.63) is 22.2 Å². The van der Waals surface area contributed by atoms with Crippen LogP contribution in [0.4, 0.5) is 24.5 Å². The lowest BCUT2D eigenvalue weighted by Crippen LogP contribution is -2.09. The SMILES string of the molecule is Cc1c(N)cc(C(F)(F)F)c(Cl)c1N. The van der Waals surface area contributed by atoms with Crippen molar-refractivity contribution in [2.24, 2.45) is 0 Å². The molecule has 0 aromatic heterocycles. The molecular weight excluding hydrogens is 217 g/mol. The zero-order valence-electron chi connectivity index (χ0n) is 7.24. The molecule has 0 fully saturated rings. The van der Waals surface area contributed by atoms with Crippen molar-refractivity contribution in [2.45, 2.75) is 13.1 Å². The number of nitrogens with two attached hydrogens (primary N) is 2. The summed E-state index contributed by atoms with van der Waals surface area (Å²) in [4.78, 5) is 0. The molecule has 0 saturated heterocycles. The van der Waals surface area contributed by atoms with Crippen LogP contribution < -0.4 is 11.5 Å². The fourth-order valence-electron chi connectivity index (χ4n) is 0.999. The molecule has 0 aliphatic heterocycles. The van der Waals surface area contributed by atoms with Gasteiger partial charge in [-0.1, -0.05) is 11.6 Å². The first-order valence-corrected chi connectivity index (χ1v) is 4.04. The second-order valence-electron chi connectivity index (χ2n) is 2.86. The van der Waals surface area contributed by atoms with Gasteiger partial charge in [0.15, 0.2) is 0 Å². The van der Waals surface area contributed by atoms with E-state index in [9.17, 15) is 13.2 Å². The van der Waals surface area contributed by atoms with Crippen LogP contribution in [0.1, 0.15) is 11.1 Å². The van der Waals surface area contributed by atoms with E-state index in [1.54, 1.807) is 0 Å². The van der Waals surface area contributed by atoms with Gasteiger partial charge in [-0.15, -0.1) is 0 Å². The predicted molar refractivity (Wildman–Crippen MR) is 50.0 cm³/mol. The van der Waals surface area contributed by atoms with E-state index in [0.717, 1.165) is 6.07 Å². The number of rotatable bonds is 0. The number of hydrogen-bond donors (Lipinski definition) is 2. The molecule has 4 N–H and O–H groups in total. The molecule has 0 aliphatic rings. The smallest absolute Gasteiger partial charge is 0.398 e. The van der Waals surface area contributed by atoms with Crippen LogP contribution >= 0.6 is 11.6 Å². The molecule has 0 aliphatic carbocycles. The lowest BCUT2D eigenvalue weighted by atomic mass is 10.1. The summed E-state index contributed by atoms with van der Waals surface area (Å²) in [6.45, 7) is 1.51. The van der Waals surface area contributed by atoms with Crippen LogP contribution in [-0.2, 0) is 6.18 Å². The van der Waals surface area contributed by atoms with Gasteiger partial charge in [-0.05, 0) is 18.6 Å². The predicted octanol–water partition coefficient (Wildman–Crippen LogP) is 2.83.